The lowest BCUT2D eigenvalue weighted by atomic mass is 9.67. The monoisotopic (exact) mass is 277 g/mol. The largest absolute Gasteiger partial charge is 0.392 e. The van der Waals surface area contributed by atoms with Crippen molar-refractivity contribution >= 4 is 23.1 Å². The van der Waals surface area contributed by atoms with Crippen LogP contribution >= 0.6 is 12.2 Å². The van der Waals surface area contributed by atoms with Gasteiger partial charge in [0.05, 0.1) is 22.6 Å². The summed E-state index contributed by atoms with van der Waals surface area (Å²) in [7, 11) is 1.78. The SMILES string of the molecule is Cc1cccc(CN(C)C(=O)C2(C(N)=S)CCC2)n1. The van der Waals surface area contributed by atoms with E-state index in [9.17, 15) is 4.79 Å². The zero-order valence-electron chi connectivity index (χ0n) is 11.3. The fourth-order valence-electron chi connectivity index (χ4n) is 2.46. The van der Waals surface area contributed by atoms with Gasteiger partial charge in [0.25, 0.3) is 0 Å². The standard InChI is InChI=1S/C14H19N3OS/c1-10-5-3-6-11(16-10)9-17(2)13(18)14(12(15)19)7-4-8-14/h3,5-6H,4,7-9H2,1-2H3,(H2,15,19). The third-order valence-electron chi connectivity index (χ3n) is 3.78. The minimum atomic E-state index is -0.603. The summed E-state index contributed by atoms with van der Waals surface area (Å²) in [4.78, 5) is 18.9. The second kappa shape index (κ2) is 5.25. The molecule has 1 aromatic rings. The Balaban J connectivity index is 2.09. The quantitative estimate of drug-likeness (QED) is 0.853. The molecule has 5 heteroatoms. The first-order chi connectivity index (χ1) is 8.95. The lowest BCUT2D eigenvalue weighted by molar-refractivity contribution is -0.141. The number of hydrogen-bond donors (Lipinski definition) is 1. The molecule has 102 valence electrons. The molecule has 1 aliphatic rings. The van der Waals surface area contributed by atoms with Crippen LogP contribution in [-0.4, -0.2) is 27.8 Å². The summed E-state index contributed by atoms with van der Waals surface area (Å²) >= 11 is 5.08. The van der Waals surface area contributed by atoms with Crippen LogP contribution in [0.5, 0.6) is 0 Å². The number of nitrogens with two attached hydrogens (primary N) is 1. The number of thiocarbonyl (C=S) groups is 1. The Morgan fingerprint density at radius 1 is 1.53 bits per heavy atom. The van der Waals surface area contributed by atoms with Crippen molar-refractivity contribution in [3.05, 3.63) is 29.6 Å². The van der Waals surface area contributed by atoms with E-state index in [0.29, 0.717) is 11.5 Å². The zero-order chi connectivity index (χ0) is 14.0. The van der Waals surface area contributed by atoms with Gasteiger partial charge in [0.1, 0.15) is 0 Å². The Hall–Kier alpha value is -1.49. The molecule has 0 bridgehead atoms. The molecule has 2 rings (SSSR count). The summed E-state index contributed by atoms with van der Waals surface area (Å²) in [6, 6.07) is 5.81. The molecule has 1 amide bonds. The molecule has 19 heavy (non-hydrogen) atoms. The molecule has 4 nitrogen and oxygen atoms in total. The highest BCUT2D eigenvalue weighted by Gasteiger charge is 2.48. The second-order valence-corrected chi connectivity index (χ2v) is 5.67. The molecule has 0 radical (unpaired) electrons. The van der Waals surface area contributed by atoms with Gasteiger partial charge in [-0.15, -0.1) is 0 Å². The van der Waals surface area contributed by atoms with E-state index >= 15 is 0 Å². The molecule has 0 spiro atoms. The van der Waals surface area contributed by atoms with Gasteiger partial charge in [-0.1, -0.05) is 24.7 Å². The molecule has 0 aliphatic heterocycles. The van der Waals surface area contributed by atoms with Gasteiger partial charge >= 0.3 is 0 Å². The molecule has 1 heterocycles. The Morgan fingerprint density at radius 2 is 2.21 bits per heavy atom. The summed E-state index contributed by atoms with van der Waals surface area (Å²) in [5.41, 5.74) is 6.99. The molecule has 1 saturated carbocycles. The van der Waals surface area contributed by atoms with Crippen LogP contribution in [0.3, 0.4) is 0 Å². The van der Waals surface area contributed by atoms with E-state index in [1.165, 1.54) is 0 Å². The predicted octanol–water partition coefficient (Wildman–Crippen LogP) is 1.80. The van der Waals surface area contributed by atoms with Gasteiger partial charge < -0.3 is 10.6 Å². The lowest BCUT2D eigenvalue weighted by Gasteiger charge is -2.41. The number of rotatable bonds is 4. The smallest absolute Gasteiger partial charge is 0.235 e. The molecule has 1 aromatic heterocycles. The maximum absolute atomic E-state index is 12.5. The number of nitrogens with zero attached hydrogens (tertiary/aromatic N) is 2. The van der Waals surface area contributed by atoms with Crippen LogP contribution < -0.4 is 5.73 Å². The van der Waals surface area contributed by atoms with Crippen molar-refractivity contribution in [3.63, 3.8) is 0 Å². The molecule has 0 atom stereocenters. The number of hydrogen-bond acceptors (Lipinski definition) is 3. The first kappa shape index (κ1) is 13.9. The molecule has 0 aromatic carbocycles. The first-order valence-corrected chi connectivity index (χ1v) is 6.84. The van der Waals surface area contributed by atoms with Crippen LogP contribution in [0, 0.1) is 12.3 Å². The minimum Gasteiger partial charge on any atom is -0.392 e. The summed E-state index contributed by atoms with van der Waals surface area (Å²) in [6.07, 6.45) is 2.55. The molecule has 2 N–H and O–H groups in total. The van der Waals surface area contributed by atoms with Crippen molar-refractivity contribution in [2.75, 3.05) is 7.05 Å². The van der Waals surface area contributed by atoms with E-state index in [1.54, 1.807) is 11.9 Å². The summed E-state index contributed by atoms with van der Waals surface area (Å²) in [5, 5.41) is 0. The van der Waals surface area contributed by atoms with Gasteiger partial charge in [-0.25, -0.2) is 0 Å². The lowest BCUT2D eigenvalue weighted by Crippen LogP contribution is -2.53. The van der Waals surface area contributed by atoms with Crippen molar-refractivity contribution < 1.29 is 4.79 Å². The number of pyridine rings is 1. The van der Waals surface area contributed by atoms with E-state index in [-0.39, 0.29) is 5.91 Å². The van der Waals surface area contributed by atoms with Crippen LogP contribution in [0.25, 0.3) is 0 Å². The Bertz CT molecular complexity index is 511. The van der Waals surface area contributed by atoms with Gasteiger partial charge in [-0.05, 0) is 31.9 Å². The molecule has 1 fully saturated rings. The fraction of sp³-hybridized carbons (Fsp3) is 0.500. The highest BCUT2D eigenvalue weighted by Crippen LogP contribution is 2.42. The van der Waals surface area contributed by atoms with Crippen LogP contribution in [0.1, 0.15) is 30.7 Å². The maximum atomic E-state index is 12.5. The second-order valence-electron chi connectivity index (χ2n) is 5.23. The normalized spacial score (nSPS) is 16.5. The van der Waals surface area contributed by atoms with Gasteiger partial charge in [0, 0.05) is 12.7 Å². The topological polar surface area (TPSA) is 59.2 Å². The van der Waals surface area contributed by atoms with E-state index in [4.69, 9.17) is 18.0 Å². The summed E-state index contributed by atoms with van der Waals surface area (Å²) in [5.74, 6) is 0.0227. The first-order valence-electron chi connectivity index (χ1n) is 6.44. The maximum Gasteiger partial charge on any atom is 0.235 e. The number of aromatic nitrogens is 1. The Labute approximate surface area is 119 Å². The number of amides is 1. The van der Waals surface area contributed by atoms with Crippen LogP contribution in [0.15, 0.2) is 18.2 Å². The Kier molecular flexibility index (Phi) is 3.85. The molecule has 0 unspecified atom stereocenters. The zero-order valence-corrected chi connectivity index (χ0v) is 12.2. The third kappa shape index (κ3) is 2.61. The van der Waals surface area contributed by atoms with E-state index in [2.05, 4.69) is 4.98 Å². The minimum absolute atomic E-state index is 0.0227. The summed E-state index contributed by atoms with van der Waals surface area (Å²) < 4.78 is 0. The van der Waals surface area contributed by atoms with E-state index in [0.717, 1.165) is 30.7 Å². The van der Waals surface area contributed by atoms with Crippen molar-refractivity contribution in [3.8, 4) is 0 Å². The number of carbonyl (C=O) groups is 1. The van der Waals surface area contributed by atoms with Crippen LogP contribution in [0.2, 0.25) is 0 Å². The van der Waals surface area contributed by atoms with E-state index < -0.39 is 5.41 Å². The van der Waals surface area contributed by atoms with Gasteiger partial charge in [-0.3, -0.25) is 9.78 Å². The number of carbonyl (C=O) groups excluding carboxylic acids is 1. The highest BCUT2D eigenvalue weighted by molar-refractivity contribution is 7.80. The van der Waals surface area contributed by atoms with Crippen molar-refractivity contribution in [1.82, 2.24) is 9.88 Å². The van der Waals surface area contributed by atoms with Crippen LogP contribution in [-0.2, 0) is 11.3 Å². The van der Waals surface area contributed by atoms with Gasteiger partial charge in [-0.2, -0.15) is 0 Å². The average Bonchev–Trinajstić information content (AvgIpc) is 2.26. The van der Waals surface area contributed by atoms with E-state index in [1.807, 2.05) is 25.1 Å². The molecular weight excluding hydrogens is 258 g/mol. The fourth-order valence-corrected chi connectivity index (χ4v) is 2.76. The van der Waals surface area contributed by atoms with Gasteiger partial charge in [0.15, 0.2) is 0 Å². The van der Waals surface area contributed by atoms with Crippen molar-refractivity contribution in [1.29, 1.82) is 0 Å². The van der Waals surface area contributed by atoms with Crippen molar-refractivity contribution in [2.45, 2.75) is 32.7 Å². The average molecular weight is 277 g/mol. The van der Waals surface area contributed by atoms with Gasteiger partial charge in [0.2, 0.25) is 5.91 Å². The molecule has 0 saturated heterocycles. The van der Waals surface area contributed by atoms with Crippen LogP contribution in [0.4, 0.5) is 0 Å². The summed E-state index contributed by atoms with van der Waals surface area (Å²) in [6.45, 7) is 2.43. The Morgan fingerprint density at radius 3 is 2.68 bits per heavy atom. The number of aryl methyl sites for hydroxylation is 1. The van der Waals surface area contributed by atoms with Crippen molar-refractivity contribution in [2.24, 2.45) is 11.1 Å². The third-order valence-corrected chi connectivity index (χ3v) is 4.17. The molecular formula is C14H19N3OS. The predicted molar refractivity (Wildman–Crippen MR) is 78.5 cm³/mol. The highest BCUT2D eigenvalue weighted by atomic mass is 32.1. The molecule has 1 aliphatic carbocycles.